The van der Waals surface area contributed by atoms with Crippen molar-refractivity contribution in [1.82, 2.24) is 0 Å². The summed E-state index contributed by atoms with van der Waals surface area (Å²) in [5.74, 6) is -1.82. The van der Waals surface area contributed by atoms with Crippen LogP contribution in [0.4, 0.5) is 20.2 Å². The van der Waals surface area contributed by atoms with E-state index in [2.05, 4.69) is 10.6 Å². The number of rotatable bonds is 4. The lowest BCUT2D eigenvalue weighted by Crippen LogP contribution is -2.22. The maximum atomic E-state index is 13.4. The van der Waals surface area contributed by atoms with Crippen molar-refractivity contribution in [3.05, 3.63) is 58.6 Å². The number of benzene rings is 2. The van der Waals surface area contributed by atoms with Crippen molar-refractivity contribution in [3.63, 3.8) is 0 Å². The number of halogens is 3. The minimum absolute atomic E-state index is 0.123. The number of anilines is 2. The van der Waals surface area contributed by atoms with E-state index in [1.807, 2.05) is 6.07 Å². The van der Waals surface area contributed by atoms with Crippen LogP contribution in [-0.2, 0) is 4.79 Å². The fourth-order valence-corrected chi connectivity index (χ4v) is 1.89. The summed E-state index contributed by atoms with van der Waals surface area (Å²) in [5, 5.41) is 14.3. The molecule has 0 unspecified atom stereocenters. The Labute approximate surface area is 130 Å². The van der Waals surface area contributed by atoms with Gasteiger partial charge in [-0.15, -0.1) is 0 Å². The topological polar surface area (TPSA) is 64.9 Å². The highest BCUT2D eigenvalue weighted by atomic mass is 35.5. The lowest BCUT2D eigenvalue weighted by molar-refractivity contribution is -0.114. The van der Waals surface area contributed by atoms with Crippen LogP contribution in [0.25, 0.3) is 0 Å². The number of carbonyl (C=O) groups is 1. The van der Waals surface area contributed by atoms with Gasteiger partial charge in [0, 0.05) is 5.02 Å². The molecule has 0 saturated heterocycles. The molecule has 0 aliphatic carbocycles. The van der Waals surface area contributed by atoms with Gasteiger partial charge < -0.3 is 10.6 Å². The molecule has 112 valence electrons. The van der Waals surface area contributed by atoms with E-state index in [-0.39, 0.29) is 23.5 Å². The molecule has 22 heavy (non-hydrogen) atoms. The van der Waals surface area contributed by atoms with Crippen molar-refractivity contribution in [2.75, 3.05) is 17.2 Å². The van der Waals surface area contributed by atoms with Gasteiger partial charge in [0.05, 0.1) is 23.5 Å². The summed E-state index contributed by atoms with van der Waals surface area (Å²) in [7, 11) is 0. The van der Waals surface area contributed by atoms with E-state index in [0.29, 0.717) is 5.02 Å². The van der Waals surface area contributed by atoms with Crippen molar-refractivity contribution >= 4 is 28.9 Å². The van der Waals surface area contributed by atoms with Gasteiger partial charge in [0.1, 0.15) is 17.7 Å². The molecule has 2 aromatic rings. The standard InChI is InChI=1S/C15H10ClF2N3O/c16-10-2-1-9(7-19)13(5-10)21-15(22)8-20-14-6-11(17)3-4-12(14)18/h1-6,20H,8H2,(H,21,22). The molecule has 0 radical (unpaired) electrons. The Morgan fingerprint density at radius 2 is 1.95 bits per heavy atom. The third-order valence-electron chi connectivity index (χ3n) is 2.74. The summed E-state index contributed by atoms with van der Waals surface area (Å²) in [6, 6.07) is 9.22. The highest BCUT2D eigenvalue weighted by molar-refractivity contribution is 6.31. The smallest absolute Gasteiger partial charge is 0.243 e. The molecule has 1 amide bonds. The Hall–Kier alpha value is -2.65. The number of hydrogen-bond acceptors (Lipinski definition) is 3. The Morgan fingerprint density at radius 3 is 2.68 bits per heavy atom. The fraction of sp³-hybridized carbons (Fsp3) is 0.0667. The fourth-order valence-electron chi connectivity index (χ4n) is 1.72. The van der Waals surface area contributed by atoms with Crippen LogP contribution in [0.3, 0.4) is 0 Å². The molecule has 0 aliphatic rings. The van der Waals surface area contributed by atoms with Gasteiger partial charge in [0.25, 0.3) is 0 Å². The zero-order valence-electron chi connectivity index (χ0n) is 11.2. The Kier molecular flexibility index (Phi) is 4.92. The molecular formula is C15H10ClF2N3O. The van der Waals surface area contributed by atoms with E-state index in [9.17, 15) is 13.6 Å². The van der Waals surface area contributed by atoms with Gasteiger partial charge in [0.2, 0.25) is 5.91 Å². The molecule has 4 nitrogen and oxygen atoms in total. The van der Waals surface area contributed by atoms with Crippen molar-refractivity contribution in [3.8, 4) is 6.07 Å². The van der Waals surface area contributed by atoms with Crippen molar-refractivity contribution in [2.24, 2.45) is 0 Å². The number of nitrogens with one attached hydrogen (secondary N) is 2. The van der Waals surface area contributed by atoms with Gasteiger partial charge in [-0.1, -0.05) is 11.6 Å². The van der Waals surface area contributed by atoms with Crippen LogP contribution >= 0.6 is 11.6 Å². The number of hydrogen-bond donors (Lipinski definition) is 2. The minimum Gasteiger partial charge on any atom is -0.374 e. The lowest BCUT2D eigenvalue weighted by atomic mass is 10.2. The average molecular weight is 322 g/mol. The van der Waals surface area contributed by atoms with Crippen molar-refractivity contribution < 1.29 is 13.6 Å². The molecule has 0 aromatic heterocycles. The molecule has 2 rings (SSSR count). The first-order valence-electron chi connectivity index (χ1n) is 6.18. The largest absolute Gasteiger partial charge is 0.374 e. The molecule has 0 aliphatic heterocycles. The number of amides is 1. The predicted octanol–water partition coefficient (Wildman–Crippen LogP) is 3.54. The monoisotopic (exact) mass is 321 g/mol. The number of nitrogens with zero attached hydrogens (tertiary/aromatic N) is 1. The van der Waals surface area contributed by atoms with Gasteiger partial charge >= 0.3 is 0 Å². The maximum Gasteiger partial charge on any atom is 0.243 e. The minimum atomic E-state index is -0.672. The van der Waals surface area contributed by atoms with Gasteiger partial charge in [-0.3, -0.25) is 4.79 Å². The van der Waals surface area contributed by atoms with Crippen molar-refractivity contribution in [1.29, 1.82) is 5.26 Å². The van der Waals surface area contributed by atoms with Crippen LogP contribution in [0.2, 0.25) is 5.02 Å². The van der Waals surface area contributed by atoms with E-state index in [4.69, 9.17) is 16.9 Å². The van der Waals surface area contributed by atoms with Gasteiger partial charge in [-0.2, -0.15) is 5.26 Å². The van der Waals surface area contributed by atoms with E-state index < -0.39 is 17.5 Å². The maximum absolute atomic E-state index is 13.4. The van der Waals surface area contributed by atoms with Gasteiger partial charge in [0.15, 0.2) is 0 Å². The summed E-state index contributed by atoms with van der Waals surface area (Å²) in [6.45, 7) is -0.294. The van der Waals surface area contributed by atoms with Crippen LogP contribution in [0.15, 0.2) is 36.4 Å². The molecule has 0 saturated carbocycles. The second-order valence-electron chi connectivity index (χ2n) is 4.33. The molecule has 0 atom stereocenters. The summed E-state index contributed by atoms with van der Waals surface area (Å²) in [6.07, 6.45) is 0. The molecule has 0 bridgehead atoms. The molecule has 0 fully saturated rings. The highest BCUT2D eigenvalue weighted by Crippen LogP contribution is 2.20. The number of nitriles is 1. The molecular weight excluding hydrogens is 312 g/mol. The summed E-state index contributed by atoms with van der Waals surface area (Å²) in [4.78, 5) is 11.8. The molecule has 2 N–H and O–H groups in total. The summed E-state index contributed by atoms with van der Waals surface area (Å²) in [5.41, 5.74) is 0.373. The average Bonchev–Trinajstić information content (AvgIpc) is 2.48. The lowest BCUT2D eigenvalue weighted by Gasteiger charge is -2.10. The normalized spacial score (nSPS) is 9.91. The molecule has 7 heteroatoms. The quantitative estimate of drug-likeness (QED) is 0.905. The second kappa shape index (κ2) is 6.87. The Morgan fingerprint density at radius 1 is 1.18 bits per heavy atom. The zero-order valence-corrected chi connectivity index (χ0v) is 11.9. The first kappa shape index (κ1) is 15.7. The first-order valence-corrected chi connectivity index (χ1v) is 6.56. The molecule has 0 spiro atoms. The van der Waals surface area contributed by atoms with Gasteiger partial charge in [-0.25, -0.2) is 8.78 Å². The van der Waals surface area contributed by atoms with E-state index in [1.54, 1.807) is 0 Å². The van der Waals surface area contributed by atoms with Crippen LogP contribution in [-0.4, -0.2) is 12.5 Å². The van der Waals surface area contributed by atoms with E-state index in [1.165, 1.54) is 18.2 Å². The van der Waals surface area contributed by atoms with Crippen LogP contribution in [0, 0.1) is 23.0 Å². The highest BCUT2D eigenvalue weighted by Gasteiger charge is 2.09. The molecule has 2 aromatic carbocycles. The van der Waals surface area contributed by atoms with Crippen LogP contribution in [0.5, 0.6) is 0 Å². The summed E-state index contributed by atoms with van der Waals surface area (Å²) < 4.78 is 26.4. The molecule has 0 heterocycles. The van der Waals surface area contributed by atoms with Crippen LogP contribution < -0.4 is 10.6 Å². The van der Waals surface area contributed by atoms with E-state index in [0.717, 1.165) is 18.2 Å². The predicted molar refractivity (Wildman–Crippen MR) is 79.6 cm³/mol. The SMILES string of the molecule is N#Cc1ccc(Cl)cc1NC(=O)CNc1cc(F)ccc1F. The zero-order chi connectivity index (χ0) is 16.1. The number of carbonyl (C=O) groups excluding carboxylic acids is 1. The first-order chi connectivity index (χ1) is 10.5. The Bertz CT molecular complexity index is 759. The second-order valence-corrected chi connectivity index (χ2v) is 4.76. The third-order valence-corrected chi connectivity index (χ3v) is 2.98. The van der Waals surface area contributed by atoms with E-state index >= 15 is 0 Å². The Balaban J connectivity index is 2.03. The van der Waals surface area contributed by atoms with Gasteiger partial charge in [-0.05, 0) is 36.4 Å². The van der Waals surface area contributed by atoms with Crippen LogP contribution in [0.1, 0.15) is 5.56 Å². The summed E-state index contributed by atoms with van der Waals surface area (Å²) >= 11 is 5.80. The third kappa shape index (κ3) is 3.93. The van der Waals surface area contributed by atoms with Crippen molar-refractivity contribution in [2.45, 2.75) is 0 Å².